The average molecular weight is 220 g/mol. The van der Waals surface area contributed by atoms with Crippen molar-refractivity contribution in [3.05, 3.63) is 40.6 Å². The standard InChI is InChI=1S/C12H12S2/c1-4-9(8(2)3)11-7-12-10(14-11)5-6-13-12/h4-7H,1H2,2-3H3. The molecule has 0 fully saturated rings. The predicted molar refractivity (Wildman–Crippen MR) is 68.2 cm³/mol. The van der Waals surface area contributed by atoms with Gasteiger partial charge in [-0.25, -0.2) is 0 Å². The molecule has 2 heteroatoms. The SMILES string of the molecule is C=CC(=C(C)C)c1cc2sccc2s1. The van der Waals surface area contributed by atoms with Crippen LogP contribution in [0.25, 0.3) is 15.0 Å². The summed E-state index contributed by atoms with van der Waals surface area (Å²) in [5, 5.41) is 2.14. The third-order valence-electron chi connectivity index (χ3n) is 2.15. The molecule has 0 radical (unpaired) electrons. The molecule has 0 aromatic carbocycles. The first-order chi connectivity index (χ1) is 6.72. The normalized spacial score (nSPS) is 10.4. The van der Waals surface area contributed by atoms with Crippen molar-refractivity contribution < 1.29 is 0 Å². The van der Waals surface area contributed by atoms with Crippen LogP contribution in [0.2, 0.25) is 0 Å². The zero-order valence-corrected chi connectivity index (χ0v) is 9.97. The first-order valence-corrected chi connectivity index (χ1v) is 6.19. The zero-order chi connectivity index (χ0) is 10.1. The van der Waals surface area contributed by atoms with E-state index in [4.69, 9.17) is 0 Å². The van der Waals surface area contributed by atoms with Crippen LogP contribution in [-0.2, 0) is 0 Å². The van der Waals surface area contributed by atoms with Gasteiger partial charge in [0.2, 0.25) is 0 Å². The molecular weight excluding hydrogens is 208 g/mol. The van der Waals surface area contributed by atoms with E-state index in [9.17, 15) is 0 Å². The molecule has 14 heavy (non-hydrogen) atoms. The van der Waals surface area contributed by atoms with Crippen molar-refractivity contribution in [3.63, 3.8) is 0 Å². The molecule has 0 aliphatic carbocycles. The molecule has 0 aliphatic heterocycles. The van der Waals surface area contributed by atoms with Gasteiger partial charge in [-0.15, -0.1) is 22.7 Å². The van der Waals surface area contributed by atoms with Gasteiger partial charge >= 0.3 is 0 Å². The molecule has 2 aromatic rings. The quantitative estimate of drug-likeness (QED) is 0.629. The largest absolute Gasteiger partial charge is 0.143 e. The Morgan fingerprint density at radius 1 is 1.36 bits per heavy atom. The molecule has 2 rings (SSSR count). The Hall–Kier alpha value is -0.860. The van der Waals surface area contributed by atoms with E-state index in [1.165, 1.54) is 25.4 Å². The minimum atomic E-state index is 1.28. The van der Waals surface area contributed by atoms with E-state index < -0.39 is 0 Å². The molecule has 0 saturated carbocycles. The lowest BCUT2D eigenvalue weighted by Crippen LogP contribution is -1.76. The summed E-state index contributed by atoms with van der Waals surface area (Å²) < 4.78 is 2.76. The van der Waals surface area contributed by atoms with E-state index in [1.54, 1.807) is 11.3 Å². The summed E-state index contributed by atoms with van der Waals surface area (Å²) >= 11 is 3.65. The van der Waals surface area contributed by atoms with Crippen LogP contribution >= 0.6 is 22.7 Å². The van der Waals surface area contributed by atoms with Crippen molar-refractivity contribution in [2.24, 2.45) is 0 Å². The molecule has 0 bridgehead atoms. The van der Waals surface area contributed by atoms with Crippen molar-refractivity contribution in [2.75, 3.05) is 0 Å². The van der Waals surface area contributed by atoms with Crippen LogP contribution in [0.1, 0.15) is 18.7 Å². The average Bonchev–Trinajstić information content (AvgIpc) is 2.63. The molecule has 0 aliphatic rings. The lowest BCUT2D eigenvalue weighted by atomic mass is 10.1. The zero-order valence-electron chi connectivity index (χ0n) is 8.33. The lowest BCUT2D eigenvalue weighted by molar-refractivity contribution is 1.41. The third kappa shape index (κ3) is 1.56. The second-order valence-corrected chi connectivity index (χ2v) is 5.41. The minimum Gasteiger partial charge on any atom is -0.143 e. The molecule has 0 N–H and O–H groups in total. The fourth-order valence-electron chi connectivity index (χ4n) is 1.45. The Morgan fingerprint density at radius 2 is 2.14 bits per heavy atom. The first-order valence-electron chi connectivity index (χ1n) is 4.49. The minimum absolute atomic E-state index is 1.28. The van der Waals surface area contributed by atoms with Crippen LogP contribution in [0.4, 0.5) is 0 Å². The molecule has 72 valence electrons. The monoisotopic (exact) mass is 220 g/mol. The number of hydrogen-bond acceptors (Lipinski definition) is 2. The lowest BCUT2D eigenvalue weighted by Gasteiger charge is -1.99. The smallest absolute Gasteiger partial charge is 0.0457 e. The molecule has 0 unspecified atom stereocenters. The number of thiophene rings is 2. The van der Waals surface area contributed by atoms with Crippen LogP contribution in [0, 0.1) is 0 Å². The molecule has 0 atom stereocenters. The van der Waals surface area contributed by atoms with Crippen molar-refractivity contribution >= 4 is 37.6 Å². The maximum absolute atomic E-state index is 3.87. The molecule has 0 spiro atoms. The van der Waals surface area contributed by atoms with Gasteiger partial charge in [0.15, 0.2) is 0 Å². The Labute approximate surface area is 92.2 Å². The molecule has 2 aromatic heterocycles. The maximum Gasteiger partial charge on any atom is 0.0457 e. The Bertz CT molecular complexity index is 465. The highest BCUT2D eigenvalue weighted by Crippen LogP contribution is 2.35. The summed E-state index contributed by atoms with van der Waals surface area (Å²) in [6.45, 7) is 8.12. The Morgan fingerprint density at radius 3 is 2.71 bits per heavy atom. The van der Waals surface area contributed by atoms with Crippen LogP contribution in [0.5, 0.6) is 0 Å². The second-order valence-electron chi connectivity index (χ2n) is 3.38. The molecule has 0 saturated heterocycles. The van der Waals surface area contributed by atoms with Crippen molar-refractivity contribution in [3.8, 4) is 0 Å². The maximum atomic E-state index is 3.87. The van der Waals surface area contributed by atoms with Crippen LogP contribution in [-0.4, -0.2) is 0 Å². The molecule has 0 amide bonds. The summed E-state index contributed by atoms with van der Waals surface area (Å²) in [5.41, 5.74) is 2.60. The summed E-state index contributed by atoms with van der Waals surface area (Å²) in [7, 11) is 0. The highest BCUT2D eigenvalue weighted by molar-refractivity contribution is 7.27. The summed E-state index contributed by atoms with van der Waals surface area (Å²) in [5.74, 6) is 0. The van der Waals surface area contributed by atoms with E-state index in [0.29, 0.717) is 0 Å². The molecule has 0 nitrogen and oxygen atoms in total. The van der Waals surface area contributed by atoms with Gasteiger partial charge in [-0.3, -0.25) is 0 Å². The van der Waals surface area contributed by atoms with Crippen LogP contribution in [0.3, 0.4) is 0 Å². The summed E-state index contributed by atoms with van der Waals surface area (Å²) in [4.78, 5) is 1.34. The summed E-state index contributed by atoms with van der Waals surface area (Å²) in [6.07, 6.45) is 1.95. The Kier molecular flexibility index (Phi) is 2.57. The third-order valence-corrected chi connectivity index (χ3v) is 4.27. The molecule has 2 heterocycles. The number of allylic oxidation sites excluding steroid dienone is 3. The number of rotatable bonds is 2. The van der Waals surface area contributed by atoms with E-state index in [-0.39, 0.29) is 0 Å². The highest BCUT2D eigenvalue weighted by atomic mass is 32.1. The van der Waals surface area contributed by atoms with Gasteiger partial charge in [0.05, 0.1) is 0 Å². The first kappa shape index (κ1) is 9.69. The number of fused-ring (bicyclic) bond motifs is 1. The predicted octanol–water partition coefficient (Wildman–Crippen LogP) is 4.94. The van der Waals surface area contributed by atoms with Gasteiger partial charge in [0, 0.05) is 14.3 Å². The van der Waals surface area contributed by atoms with Crippen molar-refractivity contribution in [1.82, 2.24) is 0 Å². The van der Waals surface area contributed by atoms with Gasteiger partial charge in [0.25, 0.3) is 0 Å². The van der Waals surface area contributed by atoms with E-state index in [0.717, 1.165) is 0 Å². The van der Waals surface area contributed by atoms with Gasteiger partial charge in [-0.2, -0.15) is 0 Å². The van der Waals surface area contributed by atoms with Gasteiger partial charge in [-0.1, -0.05) is 18.2 Å². The van der Waals surface area contributed by atoms with Crippen molar-refractivity contribution in [1.29, 1.82) is 0 Å². The van der Waals surface area contributed by atoms with Crippen LogP contribution in [0.15, 0.2) is 35.7 Å². The summed E-state index contributed by atoms with van der Waals surface area (Å²) in [6, 6.07) is 4.44. The van der Waals surface area contributed by atoms with Gasteiger partial charge in [0.1, 0.15) is 0 Å². The Balaban J connectivity index is 2.59. The van der Waals surface area contributed by atoms with E-state index in [2.05, 4.69) is 37.9 Å². The van der Waals surface area contributed by atoms with E-state index >= 15 is 0 Å². The fraction of sp³-hybridized carbons (Fsp3) is 0.167. The van der Waals surface area contributed by atoms with Crippen LogP contribution < -0.4 is 0 Å². The van der Waals surface area contributed by atoms with E-state index in [1.807, 2.05) is 17.4 Å². The second kappa shape index (κ2) is 3.71. The van der Waals surface area contributed by atoms with Gasteiger partial charge < -0.3 is 0 Å². The van der Waals surface area contributed by atoms with Crippen molar-refractivity contribution in [2.45, 2.75) is 13.8 Å². The number of hydrogen-bond donors (Lipinski definition) is 0. The van der Waals surface area contributed by atoms with Gasteiger partial charge in [-0.05, 0) is 36.9 Å². The topological polar surface area (TPSA) is 0 Å². The fourth-order valence-corrected chi connectivity index (χ4v) is 3.71. The highest BCUT2D eigenvalue weighted by Gasteiger charge is 2.05. The molecular formula is C12H12S2.